The standard InChI is InChI=1S/C24H21NO3S/c1-3-28-21-12-11-18-9-4-5-10-19(18)20(21)14-22-23(26)25(24(27)29-22)15-17-8-6-7-16(2)13-17/h4-14H,3,15H2,1-2H3/b22-14-. The Kier molecular flexibility index (Phi) is 5.41. The molecule has 0 atom stereocenters. The van der Waals surface area contributed by atoms with Crippen LogP contribution in [-0.2, 0) is 11.3 Å². The molecule has 3 aromatic carbocycles. The van der Waals surface area contributed by atoms with E-state index in [1.807, 2.05) is 74.5 Å². The van der Waals surface area contributed by atoms with E-state index < -0.39 is 0 Å². The molecule has 5 heteroatoms. The van der Waals surface area contributed by atoms with Gasteiger partial charge in [-0.3, -0.25) is 14.5 Å². The number of ether oxygens (including phenoxy) is 1. The van der Waals surface area contributed by atoms with Crippen molar-refractivity contribution in [3.8, 4) is 5.75 Å². The number of aryl methyl sites for hydroxylation is 1. The van der Waals surface area contributed by atoms with Gasteiger partial charge in [-0.15, -0.1) is 0 Å². The fourth-order valence-electron chi connectivity index (χ4n) is 3.47. The second kappa shape index (κ2) is 8.13. The summed E-state index contributed by atoms with van der Waals surface area (Å²) in [6.45, 7) is 4.72. The van der Waals surface area contributed by atoms with E-state index in [0.29, 0.717) is 17.3 Å². The van der Waals surface area contributed by atoms with Crippen LogP contribution < -0.4 is 4.74 Å². The summed E-state index contributed by atoms with van der Waals surface area (Å²) in [5, 5.41) is 1.80. The number of thioether (sulfide) groups is 1. The van der Waals surface area contributed by atoms with Crippen LogP contribution in [0.2, 0.25) is 0 Å². The van der Waals surface area contributed by atoms with Gasteiger partial charge in [-0.25, -0.2) is 0 Å². The molecule has 0 aromatic heterocycles. The van der Waals surface area contributed by atoms with Crippen molar-refractivity contribution in [2.75, 3.05) is 6.61 Å². The van der Waals surface area contributed by atoms with Crippen molar-refractivity contribution in [3.05, 3.63) is 82.3 Å². The van der Waals surface area contributed by atoms with Gasteiger partial charge < -0.3 is 4.74 Å². The topological polar surface area (TPSA) is 46.6 Å². The maximum absolute atomic E-state index is 13.0. The molecule has 0 radical (unpaired) electrons. The van der Waals surface area contributed by atoms with Crippen molar-refractivity contribution in [3.63, 3.8) is 0 Å². The lowest BCUT2D eigenvalue weighted by Gasteiger charge is -2.13. The average molecular weight is 404 g/mol. The molecule has 146 valence electrons. The number of hydrogen-bond acceptors (Lipinski definition) is 4. The summed E-state index contributed by atoms with van der Waals surface area (Å²) in [6, 6.07) is 19.7. The Morgan fingerprint density at radius 3 is 2.66 bits per heavy atom. The summed E-state index contributed by atoms with van der Waals surface area (Å²) in [4.78, 5) is 27.3. The Balaban J connectivity index is 1.71. The van der Waals surface area contributed by atoms with Crippen molar-refractivity contribution >= 4 is 39.8 Å². The number of amides is 2. The van der Waals surface area contributed by atoms with Crippen molar-refractivity contribution in [1.82, 2.24) is 4.90 Å². The first-order chi connectivity index (χ1) is 14.1. The number of imide groups is 1. The smallest absolute Gasteiger partial charge is 0.293 e. The zero-order chi connectivity index (χ0) is 20.4. The minimum absolute atomic E-state index is 0.249. The second-order valence-corrected chi connectivity index (χ2v) is 7.88. The zero-order valence-corrected chi connectivity index (χ0v) is 17.2. The number of hydrogen-bond donors (Lipinski definition) is 0. The molecule has 2 amide bonds. The van der Waals surface area contributed by atoms with E-state index in [4.69, 9.17) is 4.74 Å². The summed E-state index contributed by atoms with van der Waals surface area (Å²) < 4.78 is 5.79. The van der Waals surface area contributed by atoms with Crippen molar-refractivity contribution in [2.45, 2.75) is 20.4 Å². The lowest BCUT2D eigenvalue weighted by Crippen LogP contribution is -2.27. The number of fused-ring (bicyclic) bond motifs is 1. The Labute approximate surface area is 174 Å². The van der Waals surface area contributed by atoms with Crippen LogP contribution in [-0.4, -0.2) is 22.7 Å². The molecule has 1 fully saturated rings. The van der Waals surface area contributed by atoms with Crippen LogP contribution >= 0.6 is 11.8 Å². The zero-order valence-electron chi connectivity index (χ0n) is 16.3. The van der Waals surface area contributed by atoms with E-state index in [1.165, 1.54) is 4.90 Å². The molecule has 1 aliphatic heterocycles. The van der Waals surface area contributed by atoms with E-state index >= 15 is 0 Å². The number of nitrogens with zero attached hydrogens (tertiary/aromatic N) is 1. The molecule has 0 spiro atoms. The Hall–Kier alpha value is -3.05. The number of rotatable bonds is 5. The van der Waals surface area contributed by atoms with Gasteiger partial charge in [0.1, 0.15) is 5.75 Å². The predicted octanol–water partition coefficient (Wildman–Crippen LogP) is 5.78. The van der Waals surface area contributed by atoms with Gasteiger partial charge in [0.2, 0.25) is 0 Å². The van der Waals surface area contributed by atoms with E-state index in [0.717, 1.165) is 39.2 Å². The molecule has 4 nitrogen and oxygen atoms in total. The van der Waals surface area contributed by atoms with Crippen LogP contribution in [0.4, 0.5) is 4.79 Å². The van der Waals surface area contributed by atoms with E-state index in [9.17, 15) is 9.59 Å². The fraction of sp³-hybridized carbons (Fsp3) is 0.167. The molecule has 0 saturated carbocycles. The highest BCUT2D eigenvalue weighted by Gasteiger charge is 2.35. The quantitative estimate of drug-likeness (QED) is 0.506. The molecule has 29 heavy (non-hydrogen) atoms. The van der Waals surface area contributed by atoms with Crippen LogP contribution in [0.5, 0.6) is 5.75 Å². The van der Waals surface area contributed by atoms with E-state index in [1.54, 1.807) is 6.08 Å². The molecule has 0 N–H and O–H groups in total. The summed E-state index contributed by atoms with van der Waals surface area (Å²) >= 11 is 0.978. The van der Waals surface area contributed by atoms with Gasteiger partial charge in [0.05, 0.1) is 18.1 Å². The van der Waals surface area contributed by atoms with Crippen molar-refractivity contribution in [2.24, 2.45) is 0 Å². The van der Waals surface area contributed by atoms with Gasteiger partial charge in [-0.05, 0) is 54.1 Å². The summed E-state index contributed by atoms with van der Waals surface area (Å²) in [6.07, 6.45) is 1.79. The highest BCUT2D eigenvalue weighted by atomic mass is 32.2. The largest absolute Gasteiger partial charge is 0.493 e. The Bertz CT molecular complexity index is 1140. The number of carbonyl (C=O) groups excluding carboxylic acids is 2. The lowest BCUT2D eigenvalue weighted by atomic mass is 10.0. The molecule has 0 aliphatic carbocycles. The average Bonchev–Trinajstić information content (AvgIpc) is 2.97. The third-order valence-corrected chi connectivity index (χ3v) is 5.71. The SMILES string of the molecule is CCOc1ccc2ccccc2c1/C=C1\SC(=O)N(Cc2cccc(C)c2)C1=O. The van der Waals surface area contributed by atoms with E-state index in [-0.39, 0.29) is 17.7 Å². The first kappa shape index (κ1) is 19.3. The van der Waals surface area contributed by atoms with E-state index in [2.05, 4.69) is 0 Å². The highest BCUT2D eigenvalue weighted by Crippen LogP contribution is 2.37. The first-order valence-corrected chi connectivity index (χ1v) is 10.3. The first-order valence-electron chi connectivity index (χ1n) is 9.52. The molecule has 0 unspecified atom stereocenters. The molecule has 1 heterocycles. The minimum atomic E-state index is -0.267. The molecular formula is C24H21NO3S. The number of carbonyl (C=O) groups is 2. The minimum Gasteiger partial charge on any atom is -0.493 e. The van der Waals surface area contributed by atoms with Crippen LogP contribution in [0, 0.1) is 6.92 Å². The van der Waals surface area contributed by atoms with Crippen molar-refractivity contribution < 1.29 is 14.3 Å². The molecule has 1 aliphatic rings. The molecule has 0 bridgehead atoms. The summed E-state index contributed by atoms with van der Waals surface area (Å²) in [5.74, 6) is 0.438. The van der Waals surface area contributed by atoms with Gasteiger partial charge in [-0.1, -0.05) is 60.2 Å². The normalized spacial score (nSPS) is 15.5. The molecule has 1 saturated heterocycles. The van der Waals surface area contributed by atoms with Crippen molar-refractivity contribution in [1.29, 1.82) is 0 Å². The Morgan fingerprint density at radius 2 is 1.86 bits per heavy atom. The van der Waals surface area contributed by atoms with Gasteiger partial charge >= 0.3 is 0 Å². The number of benzene rings is 3. The monoisotopic (exact) mass is 403 g/mol. The summed E-state index contributed by atoms with van der Waals surface area (Å²) in [7, 11) is 0. The van der Waals surface area contributed by atoms with Gasteiger partial charge in [0.25, 0.3) is 11.1 Å². The van der Waals surface area contributed by atoms with Crippen LogP contribution in [0.15, 0.2) is 65.6 Å². The van der Waals surface area contributed by atoms with Gasteiger partial charge in [-0.2, -0.15) is 0 Å². The maximum atomic E-state index is 13.0. The van der Waals surface area contributed by atoms with Crippen LogP contribution in [0.25, 0.3) is 16.8 Å². The van der Waals surface area contributed by atoms with Gasteiger partial charge in [0.15, 0.2) is 0 Å². The van der Waals surface area contributed by atoms with Crippen LogP contribution in [0.3, 0.4) is 0 Å². The maximum Gasteiger partial charge on any atom is 0.293 e. The predicted molar refractivity (Wildman–Crippen MR) is 118 cm³/mol. The second-order valence-electron chi connectivity index (χ2n) is 6.89. The highest BCUT2D eigenvalue weighted by molar-refractivity contribution is 8.18. The molecule has 4 rings (SSSR count). The van der Waals surface area contributed by atoms with Crippen LogP contribution in [0.1, 0.15) is 23.6 Å². The lowest BCUT2D eigenvalue weighted by molar-refractivity contribution is -0.123. The summed E-state index contributed by atoms with van der Waals surface area (Å²) in [5.41, 5.74) is 2.86. The fourth-order valence-corrected chi connectivity index (χ4v) is 4.29. The third kappa shape index (κ3) is 3.91. The Morgan fingerprint density at radius 1 is 1.03 bits per heavy atom. The molecule has 3 aromatic rings. The molecular weight excluding hydrogens is 382 g/mol. The van der Waals surface area contributed by atoms with Gasteiger partial charge in [0, 0.05) is 5.56 Å². The third-order valence-electron chi connectivity index (χ3n) is 4.80.